The number of hydrogen-bond acceptors (Lipinski definition) is 7. The first-order valence-corrected chi connectivity index (χ1v) is 10.9. The molecule has 2 heterocycles. The van der Waals surface area contributed by atoms with Gasteiger partial charge in [-0.05, 0) is 18.8 Å². The number of carbonyl (C=O) groups excluding carboxylic acids is 2. The van der Waals surface area contributed by atoms with Crippen molar-refractivity contribution in [1.82, 2.24) is 25.6 Å². The van der Waals surface area contributed by atoms with Crippen LogP contribution in [0.25, 0.3) is 0 Å². The number of aromatic hydroxyl groups is 1. The van der Waals surface area contributed by atoms with Crippen molar-refractivity contribution in [2.45, 2.75) is 50.7 Å². The lowest BCUT2D eigenvalue weighted by Gasteiger charge is -2.31. The average Bonchev–Trinajstić information content (AvgIpc) is 3.25. The Morgan fingerprint density at radius 2 is 2.00 bits per heavy atom. The summed E-state index contributed by atoms with van der Waals surface area (Å²) in [6.45, 7) is -0.0104. The number of carbonyl (C=O) groups is 2. The summed E-state index contributed by atoms with van der Waals surface area (Å²) in [6, 6.07) is -0.495. The average molecular weight is 473 g/mol. The molecule has 4 N–H and O–H groups in total. The maximum atomic E-state index is 12.7. The highest BCUT2D eigenvalue weighted by Gasteiger charge is 2.35. The van der Waals surface area contributed by atoms with Crippen molar-refractivity contribution < 1.29 is 27.9 Å². The SMILES string of the molecule is O=C(Cc1c(O)nc[nH]c1=O)NC(CNC(=O)c1csc(C(F)(F)F)n1)C1CCCCC1. The Morgan fingerprint density at radius 1 is 1.28 bits per heavy atom. The summed E-state index contributed by atoms with van der Waals surface area (Å²) in [5, 5.41) is 15.0. The van der Waals surface area contributed by atoms with Crippen LogP contribution in [0, 0.1) is 5.92 Å². The third kappa shape index (κ3) is 6.05. The van der Waals surface area contributed by atoms with Gasteiger partial charge in [-0.25, -0.2) is 9.97 Å². The smallest absolute Gasteiger partial charge is 0.443 e. The van der Waals surface area contributed by atoms with Crippen LogP contribution in [-0.4, -0.2) is 44.5 Å². The molecule has 2 aromatic rings. The fraction of sp³-hybridized carbons (Fsp3) is 0.526. The Morgan fingerprint density at radius 3 is 2.62 bits per heavy atom. The normalized spacial score (nSPS) is 15.8. The fourth-order valence-electron chi connectivity index (χ4n) is 3.67. The molecular weight excluding hydrogens is 451 g/mol. The summed E-state index contributed by atoms with van der Waals surface area (Å²) in [5.41, 5.74) is -1.17. The van der Waals surface area contributed by atoms with Crippen LogP contribution in [0.1, 0.15) is 53.2 Å². The molecule has 13 heteroatoms. The molecule has 174 valence electrons. The van der Waals surface area contributed by atoms with Gasteiger partial charge in [-0.15, -0.1) is 11.3 Å². The number of alkyl halides is 3. The lowest BCUT2D eigenvalue weighted by Crippen LogP contribution is -2.49. The van der Waals surface area contributed by atoms with Gasteiger partial charge in [0.2, 0.25) is 11.8 Å². The summed E-state index contributed by atoms with van der Waals surface area (Å²) in [7, 11) is 0. The molecule has 1 aliphatic rings. The molecular formula is C19H22F3N5O4S. The number of rotatable bonds is 7. The largest absolute Gasteiger partial charge is 0.493 e. The maximum absolute atomic E-state index is 12.7. The number of thiazole rings is 1. The minimum Gasteiger partial charge on any atom is -0.493 e. The van der Waals surface area contributed by atoms with Crippen LogP contribution in [0.15, 0.2) is 16.5 Å². The maximum Gasteiger partial charge on any atom is 0.443 e. The van der Waals surface area contributed by atoms with Crippen LogP contribution in [-0.2, 0) is 17.4 Å². The van der Waals surface area contributed by atoms with E-state index in [1.165, 1.54) is 0 Å². The van der Waals surface area contributed by atoms with Gasteiger partial charge in [-0.2, -0.15) is 13.2 Å². The molecule has 1 aliphatic carbocycles. The Labute approximate surface area is 184 Å². The molecule has 1 atom stereocenters. The van der Waals surface area contributed by atoms with Crippen molar-refractivity contribution in [3.8, 4) is 5.88 Å². The van der Waals surface area contributed by atoms with Gasteiger partial charge in [-0.1, -0.05) is 19.3 Å². The second-order valence-corrected chi connectivity index (χ2v) is 8.39. The van der Waals surface area contributed by atoms with Crippen molar-refractivity contribution in [2.24, 2.45) is 5.92 Å². The number of H-pyrrole nitrogens is 1. The van der Waals surface area contributed by atoms with E-state index in [4.69, 9.17) is 0 Å². The number of nitrogens with zero attached hydrogens (tertiary/aromatic N) is 2. The van der Waals surface area contributed by atoms with Gasteiger partial charge in [0.05, 0.1) is 18.3 Å². The van der Waals surface area contributed by atoms with E-state index >= 15 is 0 Å². The van der Waals surface area contributed by atoms with Crippen LogP contribution in [0.5, 0.6) is 5.88 Å². The van der Waals surface area contributed by atoms with E-state index in [-0.39, 0.29) is 23.7 Å². The molecule has 1 fully saturated rings. The van der Waals surface area contributed by atoms with Crippen molar-refractivity contribution in [3.05, 3.63) is 38.3 Å². The van der Waals surface area contributed by atoms with E-state index in [2.05, 4.69) is 25.6 Å². The number of nitrogens with one attached hydrogen (secondary N) is 3. The Kier molecular flexibility index (Phi) is 7.48. The van der Waals surface area contributed by atoms with Gasteiger partial charge in [0, 0.05) is 18.0 Å². The van der Waals surface area contributed by atoms with Crippen LogP contribution in [0.2, 0.25) is 0 Å². The second-order valence-electron chi connectivity index (χ2n) is 7.53. The summed E-state index contributed by atoms with van der Waals surface area (Å²) >= 11 is 0.333. The monoisotopic (exact) mass is 473 g/mol. The zero-order valence-electron chi connectivity index (χ0n) is 16.9. The molecule has 0 radical (unpaired) electrons. The highest BCUT2D eigenvalue weighted by atomic mass is 32.1. The molecule has 2 amide bonds. The zero-order valence-corrected chi connectivity index (χ0v) is 17.7. The lowest BCUT2D eigenvalue weighted by molar-refractivity contribution is -0.137. The molecule has 0 spiro atoms. The van der Waals surface area contributed by atoms with Gasteiger partial charge in [0.15, 0.2) is 5.01 Å². The van der Waals surface area contributed by atoms with Crippen LogP contribution < -0.4 is 16.2 Å². The van der Waals surface area contributed by atoms with E-state index in [0.29, 0.717) is 11.3 Å². The van der Waals surface area contributed by atoms with Crippen LogP contribution in [0.3, 0.4) is 0 Å². The van der Waals surface area contributed by atoms with Crippen molar-refractivity contribution in [2.75, 3.05) is 6.54 Å². The van der Waals surface area contributed by atoms with E-state index in [9.17, 15) is 32.7 Å². The molecule has 3 rings (SSSR count). The first-order valence-electron chi connectivity index (χ1n) is 10.0. The van der Waals surface area contributed by atoms with Gasteiger partial charge in [-0.3, -0.25) is 14.4 Å². The van der Waals surface area contributed by atoms with Crippen molar-refractivity contribution in [1.29, 1.82) is 0 Å². The highest BCUT2D eigenvalue weighted by molar-refractivity contribution is 7.09. The molecule has 0 aliphatic heterocycles. The second kappa shape index (κ2) is 10.1. The minimum absolute atomic E-state index is 0.0104. The third-order valence-corrected chi connectivity index (χ3v) is 6.18. The Bertz CT molecular complexity index is 1020. The van der Waals surface area contributed by atoms with E-state index in [1.807, 2.05) is 0 Å². The van der Waals surface area contributed by atoms with E-state index in [0.717, 1.165) is 43.8 Å². The fourth-order valence-corrected chi connectivity index (χ4v) is 4.34. The Hall–Kier alpha value is -2.96. The zero-order chi connectivity index (χ0) is 23.3. The summed E-state index contributed by atoms with van der Waals surface area (Å²) in [5.74, 6) is -1.81. The van der Waals surface area contributed by atoms with Crippen LogP contribution >= 0.6 is 11.3 Å². The number of halogens is 3. The highest BCUT2D eigenvalue weighted by Crippen LogP contribution is 2.31. The van der Waals surface area contributed by atoms with Crippen molar-refractivity contribution in [3.63, 3.8) is 0 Å². The predicted octanol–water partition coefficient (Wildman–Crippen LogP) is 1.99. The summed E-state index contributed by atoms with van der Waals surface area (Å²) in [4.78, 5) is 45.8. The summed E-state index contributed by atoms with van der Waals surface area (Å²) < 4.78 is 38.2. The first-order chi connectivity index (χ1) is 15.1. The van der Waals surface area contributed by atoms with Gasteiger partial charge in [0.1, 0.15) is 5.69 Å². The molecule has 2 aromatic heterocycles. The minimum atomic E-state index is -4.63. The number of hydrogen-bond donors (Lipinski definition) is 4. The molecule has 0 saturated heterocycles. The first kappa shape index (κ1) is 23.7. The predicted molar refractivity (Wildman–Crippen MR) is 108 cm³/mol. The molecule has 32 heavy (non-hydrogen) atoms. The van der Waals surface area contributed by atoms with Gasteiger partial charge >= 0.3 is 6.18 Å². The Balaban J connectivity index is 1.66. The number of aromatic amines is 1. The number of amides is 2. The topological polar surface area (TPSA) is 137 Å². The van der Waals surface area contributed by atoms with Crippen LogP contribution in [0.4, 0.5) is 13.2 Å². The molecule has 1 saturated carbocycles. The molecule has 1 unspecified atom stereocenters. The number of aromatic nitrogens is 3. The molecule has 0 bridgehead atoms. The summed E-state index contributed by atoms with van der Waals surface area (Å²) in [6.07, 6.45) is 0.571. The standard InChI is InChI=1S/C19H22F3N5O4S/c20-19(21,22)18-27-13(8-32-18)17(31)23-7-12(10-4-2-1-3-5-10)26-14(28)6-11-15(29)24-9-25-16(11)30/h8-10,12H,1-7H2,(H,23,31)(H,26,28)(H2,24,25,29,30). The van der Waals surface area contributed by atoms with E-state index in [1.54, 1.807) is 0 Å². The van der Waals surface area contributed by atoms with Crippen molar-refractivity contribution >= 4 is 23.2 Å². The lowest BCUT2D eigenvalue weighted by atomic mass is 9.83. The third-order valence-electron chi connectivity index (χ3n) is 5.29. The quantitative estimate of drug-likeness (QED) is 0.485. The van der Waals surface area contributed by atoms with Gasteiger partial charge < -0.3 is 20.7 Å². The van der Waals surface area contributed by atoms with E-state index < -0.39 is 46.9 Å². The molecule has 0 aromatic carbocycles. The van der Waals surface area contributed by atoms with Gasteiger partial charge in [0.25, 0.3) is 11.5 Å². The molecule has 9 nitrogen and oxygen atoms in total.